The Hall–Kier alpha value is -2.04. The number of rotatable bonds is 1. The summed E-state index contributed by atoms with van der Waals surface area (Å²) in [7, 11) is 0. The number of anilines is 2. The van der Waals surface area contributed by atoms with Crippen LogP contribution in [0.15, 0.2) is 24.5 Å². The number of fused-ring (bicyclic) bond motifs is 1. The van der Waals surface area contributed by atoms with Crippen molar-refractivity contribution in [2.75, 3.05) is 17.2 Å². The zero-order chi connectivity index (χ0) is 11.8. The van der Waals surface area contributed by atoms with Gasteiger partial charge in [0.25, 0.3) is 0 Å². The van der Waals surface area contributed by atoms with Crippen molar-refractivity contribution >= 4 is 11.5 Å². The molecule has 0 unspecified atom stereocenters. The van der Waals surface area contributed by atoms with Crippen LogP contribution in [0.2, 0.25) is 0 Å². The Morgan fingerprint density at radius 2 is 2.18 bits per heavy atom. The molecule has 88 valence electrons. The first-order valence-corrected chi connectivity index (χ1v) is 5.72. The van der Waals surface area contributed by atoms with Gasteiger partial charge >= 0.3 is 0 Å². The van der Waals surface area contributed by atoms with Crippen molar-refractivity contribution in [3.8, 4) is 0 Å². The maximum Gasteiger partial charge on any atom is 0.152 e. The number of nitrogens with two attached hydrogens (primary N) is 1. The molecule has 0 atom stereocenters. The maximum atomic E-state index is 5.98. The van der Waals surface area contributed by atoms with Crippen LogP contribution in [0, 0.1) is 6.92 Å². The van der Waals surface area contributed by atoms with Crippen LogP contribution in [-0.4, -0.2) is 21.1 Å². The lowest BCUT2D eigenvalue weighted by molar-refractivity contribution is 0.556. The quantitative estimate of drug-likeness (QED) is 0.798. The monoisotopic (exact) mass is 229 g/mol. The van der Waals surface area contributed by atoms with Crippen LogP contribution in [0.5, 0.6) is 0 Å². The average molecular weight is 229 g/mol. The van der Waals surface area contributed by atoms with Gasteiger partial charge < -0.3 is 15.2 Å². The van der Waals surface area contributed by atoms with Gasteiger partial charge in [-0.3, -0.25) is 0 Å². The molecule has 0 saturated heterocycles. The van der Waals surface area contributed by atoms with Gasteiger partial charge in [0.15, 0.2) is 5.82 Å². The largest absolute Gasteiger partial charge is 0.396 e. The molecule has 0 fully saturated rings. The summed E-state index contributed by atoms with van der Waals surface area (Å²) in [5.41, 5.74) is 7.71. The lowest BCUT2D eigenvalue weighted by Gasteiger charge is -2.29. The van der Waals surface area contributed by atoms with E-state index < -0.39 is 0 Å². The number of imidazole rings is 1. The number of aromatic nitrogens is 3. The predicted octanol–water partition coefficient (Wildman–Crippen LogP) is 1.19. The zero-order valence-electron chi connectivity index (χ0n) is 9.80. The molecule has 2 aromatic heterocycles. The summed E-state index contributed by atoms with van der Waals surface area (Å²) in [6.45, 7) is 4.61. The van der Waals surface area contributed by atoms with Gasteiger partial charge in [-0.2, -0.15) is 0 Å². The van der Waals surface area contributed by atoms with Crippen molar-refractivity contribution in [1.29, 1.82) is 0 Å². The molecule has 0 bridgehead atoms. The first-order valence-electron chi connectivity index (χ1n) is 5.72. The van der Waals surface area contributed by atoms with Gasteiger partial charge in [0.1, 0.15) is 5.82 Å². The summed E-state index contributed by atoms with van der Waals surface area (Å²) in [6, 6.07) is 3.85. The Labute approximate surface area is 99.9 Å². The predicted molar refractivity (Wildman–Crippen MR) is 66.7 cm³/mol. The molecule has 2 aromatic rings. The number of pyridine rings is 1. The van der Waals surface area contributed by atoms with Crippen LogP contribution in [-0.2, 0) is 13.1 Å². The molecule has 17 heavy (non-hydrogen) atoms. The fourth-order valence-electron chi connectivity index (χ4n) is 2.16. The Morgan fingerprint density at radius 1 is 1.29 bits per heavy atom. The smallest absolute Gasteiger partial charge is 0.152 e. The van der Waals surface area contributed by atoms with Crippen molar-refractivity contribution in [3.63, 3.8) is 0 Å². The van der Waals surface area contributed by atoms with Gasteiger partial charge in [-0.05, 0) is 19.1 Å². The van der Waals surface area contributed by atoms with Crippen LogP contribution >= 0.6 is 0 Å². The summed E-state index contributed by atoms with van der Waals surface area (Å²) < 4.78 is 2.17. The van der Waals surface area contributed by atoms with Gasteiger partial charge in [-0.15, -0.1) is 0 Å². The van der Waals surface area contributed by atoms with E-state index in [0.29, 0.717) is 0 Å². The lowest BCUT2D eigenvalue weighted by Crippen LogP contribution is -2.34. The summed E-state index contributed by atoms with van der Waals surface area (Å²) in [4.78, 5) is 11.0. The summed E-state index contributed by atoms with van der Waals surface area (Å²) >= 11 is 0. The van der Waals surface area contributed by atoms with E-state index in [2.05, 4.69) is 19.4 Å². The van der Waals surface area contributed by atoms with Crippen LogP contribution in [0.25, 0.3) is 0 Å². The van der Waals surface area contributed by atoms with Gasteiger partial charge in [0, 0.05) is 31.2 Å². The average Bonchev–Trinajstić information content (AvgIpc) is 2.79. The molecule has 3 rings (SSSR count). The summed E-state index contributed by atoms with van der Waals surface area (Å²) in [6.07, 6.45) is 3.85. The molecule has 0 amide bonds. The summed E-state index contributed by atoms with van der Waals surface area (Å²) in [5, 5.41) is 0. The summed E-state index contributed by atoms with van der Waals surface area (Å²) in [5.74, 6) is 1.94. The fraction of sp³-hybridized carbons (Fsp3) is 0.333. The van der Waals surface area contributed by atoms with Crippen molar-refractivity contribution in [2.45, 2.75) is 20.0 Å². The van der Waals surface area contributed by atoms with Crippen LogP contribution < -0.4 is 10.6 Å². The second-order valence-electron chi connectivity index (χ2n) is 4.32. The molecule has 0 aromatic carbocycles. The molecule has 0 spiro atoms. The van der Waals surface area contributed by atoms with Crippen molar-refractivity contribution in [3.05, 3.63) is 36.0 Å². The minimum absolute atomic E-state index is 0.732. The van der Waals surface area contributed by atoms with E-state index in [1.165, 1.54) is 0 Å². The number of nitrogens with zero attached hydrogens (tertiary/aromatic N) is 4. The molecule has 5 nitrogen and oxygen atoms in total. The van der Waals surface area contributed by atoms with Gasteiger partial charge in [-0.1, -0.05) is 0 Å². The molecule has 1 aliphatic heterocycles. The minimum atomic E-state index is 0.732. The van der Waals surface area contributed by atoms with E-state index in [4.69, 9.17) is 5.73 Å². The standard InChI is InChI=1S/C12H15N5/c1-9-2-3-10(13)12(15-9)17-7-6-16-5-4-14-11(16)8-17/h2-5H,6-8,13H2,1H3. The van der Waals surface area contributed by atoms with E-state index in [1.807, 2.05) is 31.5 Å². The van der Waals surface area contributed by atoms with Crippen molar-refractivity contribution in [1.82, 2.24) is 14.5 Å². The zero-order valence-corrected chi connectivity index (χ0v) is 9.80. The van der Waals surface area contributed by atoms with E-state index in [9.17, 15) is 0 Å². The minimum Gasteiger partial charge on any atom is -0.396 e. The first-order chi connectivity index (χ1) is 8.24. The van der Waals surface area contributed by atoms with Crippen molar-refractivity contribution < 1.29 is 0 Å². The highest BCUT2D eigenvalue weighted by Crippen LogP contribution is 2.24. The second kappa shape index (κ2) is 3.76. The molecule has 0 saturated carbocycles. The number of hydrogen-bond acceptors (Lipinski definition) is 4. The van der Waals surface area contributed by atoms with Gasteiger partial charge in [0.05, 0.1) is 12.2 Å². The second-order valence-corrected chi connectivity index (χ2v) is 4.32. The van der Waals surface area contributed by atoms with E-state index in [0.717, 1.165) is 42.7 Å². The molecular formula is C12H15N5. The maximum absolute atomic E-state index is 5.98. The Balaban J connectivity index is 1.94. The highest BCUT2D eigenvalue weighted by molar-refractivity contribution is 5.63. The third kappa shape index (κ3) is 1.73. The highest BCUT2D eigenvalue weighted by Gasteiger charge is 2.19. The van der Waals surface area contributed by atoms with Crippen LogP contribution in [0.1, 0.15) is 11.5 Å². The number of aryl methyl sites for hydroxylation is 1. The Bertz CT molecular complexity index is 546. The van der Waals surface area contributed by atoms with Gasteiger partial charge in [0.2, 0.25) is 0 Å². The number of hydrogen-bond donors (Lipinski definition) is 1. The molecule has 1 aliphatic rings. The molecule has 5 heteroatoms. The fourth-order valence-corrected chi connectivity index (χ4v) is 2.16. The van der Waals surface area contributed by atoms with Crippen molar-refractivity contribution in [2.24, 2.45) is 0 Å². The molecule has 0 radical (unpaired) electrons. The highest BCUT2D eigenvalue weighted by atomic mass is 15.3. The molecular weight excluding hydrogens is 214 g/mol. The SMILES string of the molecule is Cc1ccc(N)c(N2CCn3ccnc3C2)n1. The molecule has 0 aliphatic carbocycles. The van der Waals surface area contributed by atoms with E-state index in [1.54, 1.807) is 0 Å². The molecule has 3 heterocycles. The van der Waals surface area contributed by atoms with Gasteiger partial charge in [-0.25, -0.2) is 9.97 Å². The van der Waals surface area contributed by atoms with E-state index >= 15 is 0 Å². The Morgan fingerprint density at radius 3 is 3.06 bits per heavy atom. The topological polar surface area (TPSA) is 60.0 Å². The molecule has 2 N–H and O–H groups in total. The number of nitrogen functional groups attached to an aromatic ring is 1. The normalized spacial score (nSPS) is 14.8. The van der Waals surface area contributed by atoms with Crippen LogP contribution in [0.3, 0.4) is 0 Å². The lowest BCUT2D eigenvalue weighted by atomic mass is 10.3. The Kier molecular flexibility index (Phi) is 2.24. The van der Waals surface area contributed by atoms with E-state index in [-0.39, 0.29) is 0 Å². The van der Waals surface area contributed by atoms with Crippen LogP contribution in [0.4, 0.5) is 11.5 Å². The first kappa shape index (κ1) is 10.1. The third-order valence-corrected chi connectivity index (χ3v) is 3.09. The third-order valence-electron chi connectivity index (χ3n) is 3.09.